The van der Waals surface area contributed by atoms with E-state index in [-0.39, 0.29) is 0 Å². The van der Waals surface area contributed by atoms with Crippen molar-refractivity contribution in [3.05, 3.63) is 77.2 Å². The van der Waals surface area contributed by atoms with Crippen LogP contribution >= 0.6 is 11.6 Å². The Labute approximate surface area is 162 Å². The highest BCUT2D eigenvalue weighted by Crippen LogP contribution is 2.35. The first kappa shape index (κ1) is 17.4. The van der Waals surface area contributed by atoms with Gasteiger partial charge in [-0.2, -0.15) is 0 Å². The lowest BCUT2D eigenvalue weighted by molar-refractivity contribution is 0.307. The van der Waals surface area contributed by atoms with Gasteiger partial charge in [-0.3, -0.25) is 4.40 Å². The Kier molecular flexibility index (Phi) is 4.69. The predicted molar refractivity (Wildman–Crippen MR) is 108 cm³/mol. The van der Waals surface area contributed by atoms with Gasteiger partial charge in [-0.15, -0.1) is 10.2 Å². The fraction of sp³-hybridized carbons (Fsp3) is 0.143. The van der Waals surface area contributed by atoms with Crippen LogP contribution in [0.15, 0.2) is 60.8 Å². The van der Waals surface area contributed by atoms with E-state index in [1.807, 2.05) is 79.2 Å². The summed E-state index contributed by atoms with van der Waals surface area (Å²) in [4.78, 5) is 0. The summed E-state index contributed by atoms with van der Waals surface area (Å²) >= 11 is 6.28. The van der Waals surface area contributed by atoms with Crippen molar-refractivity contribution in [2.45, 2.75) is 13.5 Å². The molecule has 0 saturated heterocycles. The van der Waals surface area contributed by atoms with Crippen LogP contribution in [0.4, 0.5) is 5.69 Å². The van der Waals surface area contributed by atoms with Crippen molar-refractivity contribution in [1.29, 1.82) is 0 Å². The molecule has 136 valence electrons. The molecule has 0 atom stereocenters. The molecule has 6 heteroatoms. The molecule has 2 heterocycles. The summed E-state index contributed by atoms with van der Waals surface area (Å²) in [6.45, 7) is 2.41. The highest BCUT2D eigenvalue weighted by molar-refractivity contribution is 6.31. The van der Waals surface area contributed by atoms with Gasteiger partial charge in [0.15, 0.2) is 5.65 Å². The molecule has 0 aliphatic rings. The largest absolute Gasteiger partial charge is 0.488 e. The van der Waals surface area contributed by atoms with Crippen molar-refractivity contribution in [3.8, 4) is 16.9 Å². The maximum Gasteiger partial charge on any atom is 0.184 e. The second-order valence-electron chi connectivity index (χ2n) is 6.25. The number of nitrogens with zero attached hydrogens (tertiary/aromatic N) is 3. The summed E-state index contributed by atoms with van der Waals surface area (Å²) in [6, 6.07) is 17.8. The van der Waals surface area contributed by atoms with Crippen LogP contribution in [0.25, 0.3) is 16.8 Å². The average molecular weight is 379 g/mol. The number of fused-ring (bicyclic) bond motifs is 1. The summed E-state index contributed by atoms with van der Waals surface area (Å²) < 4.78 is 8.07. The number of aromatic nitrogens is 3. The molecular formula is C21H19ClN4O. The Morgan fingerprint density at radius 3 is 2.67 bits per heavy atom. The van der Waals surface area contributed by atoms with E-state index >= 15 is 0 Å². The number of nitrogens with one attached hydrogen (secondary N) is 1. The van der Waals surface area contributed by atoms with Gasteiger partial charge in [0, 0.05) is 29.4 Å². The molecule has 0 unspecified atom stereocenters. The molecule has 4 rings (SSSR count). The summed E-state index contributed by atoms with van der Waals surface area (Å²) in [5.74, 6) is 1.59. The first-order valence-electron chi connectivity index (χ1n) is 8.65. The lowest BCUT2D eigenvalue weighted by atomic mass is 10.1. The number of aryl methyl sites for hydroxylation is 1. The van der Waals surface area contributed by atoms with E-state index in [2.05, 4.69) is 15.5 Å². The molecule has 2 aromatic carbocycles. The normalized spacial score (nSPS) is 10.9. The van der Waals surface area contributed by atoms with Crippen LogP contribution in [0.2, 0.25) is 5.02 Å². The second kappa shape index (κ2) is 7.29. The first-order valence-corrected chi connectivity index (χ1v) is 9.03. The molecule has 0 bridgehead atoms. The second-order valence-corrected chi connectivity index (χ2v) is 6.68. The molecule has 0 aliphatic carbocycles. The van der Waals surface area contributed by atoms with Crippen LogP contribution in [0, 0.1) is 6.92 Å². The van der Waals surface area contributed by atoms with E-state index < -0.39 is 0 Å². The van der Waals surface area contributed by atoms with Gasteiger partial charge < -0.3 is 10.1 Å². The molecule has 4 aromatic rings. The van der Waals surface area contributed by atoms with Gasteiger partial charge in [0.05, 0.1) is 5.69 Å². The average Bonchev–Trinajstić information content (AvgIpc) is 3.08. The number of benzene rings is 2. The maximum atomic E-state index is 6.28. The molecule has 0 spiro atoms. The van der Waals surface area contributed by atoms with Gasteiger partial charge >= 0.3 is 0 Å². The van der Waals surface area contributed by atoms with Crippen LogP contribution in [0.1, 0.15) is 11.4 Å². The first-order chi connectivity index (χ1) is 13.2. The lowest BCUT2D eigenvalue weighted by Crippen LogP contribution is -1.99. The summed E-state index contributed by atoms with van der Waals surface area (Å²) in [5, 5.41) is 12.2. The van der Waals surface area contributed by atoms with E-state index in [0.29, 0.717) is 11.6 Å². The molecule has 27 heavy (non-hydrogen) atoms. The molecular weight excluding hydrogens is 360 g/mol. The van der Waals surface area contributed by atoms with Gasteiger partial charge in [-0.25, -0.2) is 0 Å². The Morgan fingerprint density at radius 2 is 1.89 bits per heavy atom. The molecule has 0 amide bonds. The summed E-state index contributed by atoms with van der Waals surface area (Å²) in [6.07, 6.45) is 2.01. The smallest absolute Gasteiger partial charge is 0.184 e. The minimum atomic E-state index is 0.488. The zero-order chi connectivity index (χ0) is 18.8. The number of pyridine rings is 1. The highest BCUT2D eigenvalue weighted by atomic mass is 35.5. The molecule has 0 aliphatic heterocycles. The van der Waals surface area contributed by atoms with E-state index in [1.165, 1.54) is 0 Å². The van der Waals surface area contributed by atoms with Crippen molar-refractivity contribution in [2.24, 2.45) is 0 Å². The Balaban J connectivity index is 1.78. The zero-order valence-corrected chi connectivity index (χ0v) is 15.9. The van der Waals surface area contributed by atoms with Crippen LogP contribution in [0.5, 0.6) is 5.75 Å². The summed E-state index contributed by atoms with van der Waals surface area (Å²) in [5.41, 5.74) is 4.68. The number of ether oxygens (including phenoxy) is 1. The number of halogens is 1. The molecule has 0 fully saturated rings. The van der Waals surface area contributed by atoms with Gasteiger partial charge in [0.2, 0.25) is 0 Å². The number of anilines is 1. The lowest BCUT2D eigenvalue weighted by Gasteiger charge is -2.14. The van der Waals surface area contributed by atoms with E-state index in [1.54, 1.807) is 0 Å². The molecule has 1 N–H and O–H groups in total. The minimum absolute atomic E-state index is 0.488. The molecule has 2 aromatic heterocycles. The van der Waals surface area contributed by atoms with Crippen LogP contribution in [-0.2, 0) is 6.61 Å². The number of rotatable bonds is 5. The third-order valence-electron chi connectivity index (χ3n) is 4.43. The van der Waals surface area contributed by atoms with E-state index in [9.17, 15) is 0 Å². The van der Waals surface area contributed by atoms with Crippen LogP contribution in [0.3, 0.4) is 0 Å². The quantitative estimate of drug-likeness (QED) is 0.532. The van der Waals surface area contributed by atoms with Crippen LogP contribution < -0.4 is 10.1 Å². The predicted octanol–water partition coefficient (Wildman–Crippen LogP) is 4.98. The third-order valence-corrected chi connectivity index (χ3v) is 4.67. The Hall–Kier alpha value is -3.05. The topological polar surface area (TPSA) is 51.5 Å². The van der Waals surface area contributed by atoms with Crippen molar-refractivity contribution >= 4 is 22.9 Å². The number of hydrogen-bond acceptors (Lipinski definition) is 4. The zero-order valence-electron chi connectivity index (χ0n) is 15.1. The van der Waals surface area contributed by atoms with E-state index in [0.717, 1.165) is 39.6 Å². The molecule has 0 saturated carbocycles. The van der Waals surface area contributed by atoms with Gasteiger partial charge in [-0.05, 0) is 36.8 Å². The van der Waals surface area contributed by atoms with E-state index in [4.69, 9.17) is 16.3 Å². The Bertz CT molecular complexity index is 1090. The van der Waals surface area contributed by atoms with Gasteiger partial charge in [0.1, 0.15) is 18.2 Å². The van der Waals surface area contributed by atoms with Gasteiger partial charge in [-0.1, -0.05) is 41.9 Å². The summed E-state index contributed by atoms with van der Waals surface area (Å²) in [7, 11) is 1.87. The third kappa shape index (κ3) is 3.46. The maximum absolute atomic E-state index is 6.28. The standard InChI is InChI=1S/C21H19ClN4O/c1-14-24-25-21-19(23-2)10-16(12-26(14)21)18-11-17(22)8-9-20(18)27-13-15-6-4-3-5-7-15/h3-12,23H,13H2,1-2H3. The molecule has 0 radical (unpaired) electrons. The van der Waals surface area contributed by atoms with Crippen molar-refractivity contribution < 1.29 is 4.74 Å². The fourth-order valence-corrected chi connectivity index (χ4v) is 3.20. The number of hydrogen-bond donors (Lipinski definition) is 1. The fourth-order valence-electron chi connectivity index (χ4n) is 3.02. The van der Waals surface area contributed by atoms with Crippen molar-refractivity contribution in [3.63, 3.8) is 0 Å². The molecule has 5 nitrogen and oxygen atoms in total. The Morgan fingerprint density at radius 1 is 1.07 bits per heavy atom. The minimum Gasteiger partial charge on any atom is -0.488 e. The van der Waals surface area contributed by atoms with Crippen LogP contribution in [-0.4, -0.2) is 21.6 Å². The van der Waals surface area contributed by atoms with Gasteiger partial charge in [0.25, 0.3) is 0 Å². The van der Waals surface area contributed by atoms with Crippen molar-refractivity contribution in [1.82, 2.24) is 14.6 Å². The van der Waals surface area contributed by atoms with Crippen molar-refractivity contribution in [2.75, 3.05) is 12.4 Å². The SMILES string of the molecule is CNc1cc(-c2cc(Cl)ccc2OCc2ccccc2)cn2c(C)nnc12. The highest BCUT2D eigenvalue weighted by Gasteiger charge is 2.13. The monoisotopic (exact) mass is 378 g/mol.